The zero-order chi connectivity index (χ0) is 12.1. The van der Waals surface area contributed by atoms with E-state index in [9.17, 15) is 4.79 Å². The van der Waals surface area contributed by atoms with Crippen LogP contribution in [-0.4, -0.2) is 11.9 Å². The number of hydrogen-bond acceptors (Lipinski definition) is 2. The van der Waals surface area contributed by atoms with Gasteiger partial charge in [-0.15, -0.1) is 12.4 Å². The van der Waals surface area contributed by atoms with E-state index in [1.54, 1.807) is 6.92 Å². The number of carbonyl (C=O) groups is 1. The lowest BCUT2D eigenvalue weighted by Crippen LogP contribution is -2.40. The van der Waals surface area contributed by atoms with Crippen molar-refractivity contribution >= 4 is 29.9 Å². The van der Waals surface area contributed by atoms with E-state index < -0.39 is 6.04 Å². The molecule has 2 atom stereocenters. The molecule has 5 heteroatoms. The Morgan fingerprint density at radius 2 is 2.18 bits per heavy atom. The van der Waals surface area contributed by atoms with Crippen molar-refractivity contribution in [2.24, 2.45) is 5.73 Å². The van der Waals surface area contributed by atoms with Crippen LogP contribution in [-0.2, 0) is 4.79 Å². The lowest BCUT2D eigenvalue weighted by molar-refractivity contribution is -0.122. The molecule has 17 heavy (non-hydrogen) atoms. The molecule has 0 fully saturated rings. The van der Waals surface area contributed by atoms with E-state index in [1.807, 2.05) is 31.2 Å². The van der Waals surface area contributed by atoms with Crippen molar-refractivity contribution in [1.29, 1.82) is 0 Å². The summed E-state index contributed by atoms with van der Waals surface area (Å²) in [6, 6.07) is 6.97. The van der Waals surface area contributed by atoms with Gasteiger partial charge in [0.2, 0.25) is 5.91 Å². The fraction of sp³-hybridized carbons (Fsp3) is 0.417. The summed E-state index contributed by atoms with van der Waals surface area (Å²) in [4.78, 5) is 11.5. The molecule has 3 nitrogen and oxygen atoms in total. The second-order valence-electron chi connectivity index (χ2n) is 3.81. The summed E-state index contributed by atoms with van der Waals surface area (Å²) in [5, 5.41) is 3.56. The maximum Gasteiger partial charge on any atom is 0.237 e. The Morgan fingerprint density at radius 3 is 2.65 bits per heavy atom. The van der Waals surface area contributed by atoms with E-state index in [2.05, 4.69) is 5.32 Å². The number of halogens is 2. The maximum atomic E-state index is 11.5. The lowest BCUT2D eigenvalue weighted by atomic mass is 10.0. The van der Waals surface area contributed by atoms with Crippen molar-refractivity contribution < 1.29 is 4.79 Å². The van der Waals surface area contributed by atoms with Crippen LogP contribution in [0.4, 0.5) is 0 Å². The summed E-state index contributed by atoms with van der Waals surface area (Å²) in [5.41, 5.74) is 6.51. The Morgan fingerprint density at radius 1 is 1.53 bits per heavy atom. The first kappa shape index (κ1) is 16.2. The summed E-state index contributed by atoms with van der Waals surface area (Å²) in [7, 11) is 0. The van der Waals surface area contributed by atoms with Gasteiger partial charge in [-0.1, -0.05) is 30.7 Å². The minimum absolute atomic E-state index is 0. The van der Waals surface area contributed by atoms with Gasteiger partial charge in [0, 0.05) is 5.02 Å². The molecule has 0 saturated heterocycles. The molecule has 1 unspecified atom stereocenters. The van der Waals surface area contributed by atoms with Crippen LogP contribution in [0.15, 0.2) is 24.3 Å². The molecule has 0 aliphatic rings. The largest absolute Gasteiger partial charge is 0.348 e. The minimum atomic E-state index is -0.492. The number of benzene rings is 1. The second kappa shape index (κ2) is 7.54. The third kappa shape index (κ3) is 4.94. The van der Waals surface area contributed by atoms with E-state index >= 15 is 0 Å². The summed E-state index contributed by atoms with van der Waals surface area (Å²) in [6.07, 6.45) is 0.804. The topological polar surface area (TPSA) is 55.1 Å². The quantitative estimate of drug-likeness (QED) is 0.889. The molecule has 1 rings (SSSR count). The van der Waals surface area contributed by atoms with E-state index in [1.165, 1.54) is 0 Å². The summed E-state index contributed by atoms with van der Waals surface area (Å²) >= 11 is 5.91. The molecule has 0 radical (unpaired) electrons. The highest BCUT2D eigenvalue weighted by Gasteiger charge is 2.15. The van der Waals surface area contributed by atoms with Gasteiger partial charge in [-0.3, -0.25) is 4.79 Å². The first-order chi connectivity index (χ1) is 7.54. The zero-order valence-corrected chi connectivity index (χ0v) is 11.5. The highest BCUT2D eigenvalue weighted by Crippen LogP contribution is 2.20. The van der Waals surface area contributed by atoms with Crippen molar-refractivity contribution in [3.8, 4) is 0 Å². The van der Waals surface area contributed by atoms with Crippen molar-refractivity contribution in [2.45, 2.75) is 32.4 Å². The third-order valence-electron chi connectivity index (χ3n) is 2.39. The molecule has 0 bridgehead atoms. The van der Waals surface area contributed by atoms with Crippen LogP contribution in [0.5, 0.6) is 0 Å². The Kier molecular flexibility index (Phi) is 7.19. The molecular weight excluding hydrogens is 259 g/mol. The van der Waals surface area contributed by atoms with Crippen LogP contribution in [0.25, 0.3) is 0 Å². The first-order valence-electron chi connectivity index (χ1n) is 5.36. The number of nitrogens with two attached hydrogens (primary N) is 1. The molecule has 0 aliphatic carbocycles. The fourth-order valence-electron chi connectivity index (χ4n) is 1.45. The van der Waals surface area contributed by atoms with E-state index in [0.29, 0.717) is 5.02 Å². The number of carbonyl (C=O) groups excluding carboxylic acids is 1. The van der Waals surface area contributed by atoms with Crippen LogP contribution in [0, 0.1) is 0 Å². The van der Waals surface area contributed by atoms with Gasteiger partial charge in [-0.05, 0) is 31.0 Å². The van der Waals surface area contributed by atoms with Gasteiger partial charge in [-0.25, -0.2) is 0 Å². The van der Waals surface area contributed by atoms with Crippen molar-refractivity contribution in [2.75, 3.05) is 0 Å². The molecule has 0 aliphatic heterocycles. The Hall–Kier alpha value is -0.770. The predicted molar refractivity (Wildman–Crippen MR) is 73.5 cm³/mol. The minimum Gasteiger partial charge on any atom is -0.348 e. The van der Waals surface area contributed by atoms with Crippen LogP contribution in [0.2, 0.25) is 5.02 Å². The Bertz CT molecular complexity index is 369. The number of amides is 1. The lowest BCUT2D eigenvalue weighted by Gasteiger charge is -2.19. The number of hydrogen-bond donors (Lipinski definition) is 2. The Labute approximate surface area is 113 Å². The molecule has 0 aromatic heterocycles. The molecule has 96 valence electrons. The predicted octanol–water partition coefficient (Wildman–Crippen LogP) is 2.68. The second-order valence-corrected chi connectivity index (χ2v) is 4.25. The van der Waals surface area contributed by atoms with Crippen molar-refractivity contribution in [1.82, 2.24) is 5.32 Å². The average Bonchev–Trinajstić information content (AvgIpc) is 2.25. The van der Waals surface area contributed by atoms with Gasteiger partial charge < -0.3 is 11.1 Å². The van der Waals surface area contributed by atoms with Crippen LogP contribution < -0.4 is 11.1 Å². The first-order valence-corrected chi connectivity index (χ1v) is 5.73. The number of nitrogens with one attached hydrogen (secondary N) is 1. The highest BCUT2D eigenvalue weighted by atomic mass is 35.5. The van der Waals surface area contributed by atoms with Crippen LogP contribution >= 0.6 is 24.0 Å². The molecule has 1 aromatic rings. The Balaban J connectivity index is 0.00000256. The van der Waals surface area contributed by atoms with Gasteiger partial charge in [0.25, 0.3) is 0 Å². The molecule has 3 N–H and O–H groups in total. The van der Waals surface area contributed by atoms with Crippen LogP contribution in [0.1, 0.15) is 31.9 Å². The van der Waals surface area contributed by atoms with Crippen LogP contribution in [0.3, 0.4) is 0 Å². The van der Waals surface area contributed by atoms with Gasteiger partial charge in [0.15, 0.2) is 0 Å². The molecule has 1 amide bonds. The van der Waals surface area contributed by atoms with E-state index in [4.69, 9.17) is 17.3 Å². The standard InChI is InChI=1S/C12H17ClN2O.ClH/c1-3-11(15-12(16)8(2)14)9-5-4-6-10(13)7-9;/h4-8,11H,3,14H2,1-2H3,(H,15,16);1H/t8-,11?;/m0./s1. The average molecular weight is 277 g/mol. The summed E-state index contributed by atoms with van der Waals surface area (Å²) in [6.45, 7) is 3.67. The third-order valence-corrected chi connectivity index (χ3v) is 2.62. The van der Waals surface area contributed by atoms with Gasteiger partial charge in [0.1, 0.15) is 0 Å². The van der Waals surface area contributed by atoms with Gasteiger partial charge >= 0.3 is 0 Å². The number of rotatable bonds is 4. The van der Waals surface area contributed by atoms with Crippen molar-refractivity contribution in [3.63, 3.8) is 0 Å². The maximum absolute atomic E-state index is 11.5. The summed E-state index contributed by atoms with van der Waals surface area (Å²) in [5.74, 6) is -0.146. The van der Waals surface area contributed by atoms with Gasteiger partial charge in [0.05, 0.1) is 12.1 Å². The highest BCUT2D eigenvalue weighted by molar-refractivity contribution is 6.30. The monoisotopic (exact) mass is 276 g/mol. The molecule has 0 saturated carbocycles. The summed E-state index contributed by atoms with van der Waals surface area (Å²) < 4.78 is 0. The zero-order valence-electron chi connectivity index (χ0n) is 9.94. The fourth-order valence-corrected chi connectivity index (χ4v) is 1.65. The van der Waals surface area contributed by atoms with Crippen molar-refractivity contribution in [3.05, 3.63) is 34.9 Å². The normalized spacial score (nSPS) is 13.4. The molecule has 0 heterocycles. The van der Waals surface area contributed by atoms with E-state index in [0.717, 1.165) is 12.0 Å². The van der Waals surface area contributed by atoms with Gasteiger partial charge in [-0.2, -0.15) is 0 Å². The molecule has 0 spiro atoms. The molecular formula is C12H18Cl2N2O. The van der Waals surface area contributed by atoms with E-state index in [-0.39, 0.29) is 24.4 Å². The SMILES string of the molecule is CCC(NC(=O)[C@H](C)N)c1cccc(Cl)c1.Cl. The smallest absolute Gasteiger partial charge is 0.237 e. The molecule has 1 aromatic carbocycles.